The van der Waals surface area contributed by atoms with E-state index < -0.39 is 0 Å². The van der Waals surface area contributed by atoms with E-state index in [2.05, 4.69) is 22.3 Å². The van der Waals surface area contributed by atoms with E-state index in [0.29, 0.717) is 5.69 Å². The van der Waals surface area contributed by atoms with Gasteiger partial charge in [-0.3, -0.25) is 9.69 Å². The number of nitrogens with one attached hydrogen (secondary N) is 1. The monoisotopic (exact) mass is 312 g/mol. The molecule has 1 atom stereocenters. The van der Waals surface area contributed by atoms with Crippen molar-refractivity contribution in [2.45, 2.75) is 19.4 Å². The summed E-state index contributed by atoms with van der Waals surface area (Å²) >= 11 is 0. The zero-order valence-electron chi connectivity index (χ0n) is 13.0. The molecule has 1 saturated heterocycles. The Morgan fingerprint density at radius 3 is 2.61 bits per heavy atom. The first-order chi connectivity index (χ1) is 11.2. The van der Waals surface area contributed by atoms with Gasteiger partial charge in [0.25, 0.3) is 0 Å². The van der Waals surface area contributed by atoms with Crippen LogP contribution in [0.25, 0.3) is 0 Å². The number of halogens is 1. The van der Waals surface area contributed by atoms with Crippen molar-refractivity contribution < 1.29 is 9.18 Å². The second-order valence-corrected chi connectivity index (χ2v) is 6.06. The maximum atomic E-state index is 12.9. The van der Waals surface area contributed by atoms with Crippen LogP contribution in [0.5, 0.6) is 0 Å². The molecule has 120 valence electrons. The van der Waals surface area contributed by atoms with Crippen molar-refractivity contribution >= 4 is 11.6 Å². The van der Waals surface area contributed by atoms with E-state index >= 15 is 0 Å². The molecule has 0 aromatic heterocycles. The number of likely N-dealkylation sites (tertiary alicyclic amines) is 1. The fraction of sp³-hybridized carbons (Fsp3) is 0.316. The molecule has 1 heterocycles. The number of anilines is 1. The minimum absolute atomic E-state index is 0.0162. The number of amides is 1. The second-order valence-electron chi connectivity index (χ2n) is 6.06. The summed E-state index contributed by atoms with van der Waals surface area (Å²) < 4.78 is 12.9. The molecule has 3 rings (SSSR count). The molecule has 0 radical (unpaired) electrons. The van der Waals surface area contributed by atoms with Crippen molar-refractivity contribution in [3.63, 3.8) is 0 Å². The van der Waals surface area contributed by atoms with Crippen molar-refractivity contribution in [3.8, 4) is 0 Å². The van der Waals surface area contributed by atoms with Crippen molar-refractivity contribution in [1.29, 1.82) is 0 Å². The Kier molecular flexibility index (Phi) is 5.03. The second kappa shape index (κ2) is 7.38. The highest BCUT2D eigenvalue weighted by molar-refractivity contribution is 5.92. The van der Waals surface area contributed by atoms with E-state index in [9.17, 15) is 9.18 Å². The molecule has 0 bridgehead atoms. The topological polar surface area (TPSA) is 32.3 Å². The Labute approximate surface area is 136 Å². The van der Waals surface area contributed by atoms with Crippen molar-refractivity contribution in [3.05, 3.63) is 66.0 Å². The lowest BCUT2D eigenvalue weighted by molar-refractivity contribution is -0.121. The average molecular weight is 312 g/mol. The van der Waals surface area contributed by atoms with Crippen LogP contribution < -0.4 is 5.32 Å². The molecule has 1 fully saturated rings. The normalized spacial score (nSPS) is 18.6. The van der Waals surface area contributed by atoms with Crippen molar-refractivity contribution in [2.75, 3.05) is 18.4 Å². The lowest BCUT2D eigenvalue weighted by atomic mass is 9.96. The first kappa shape index (κ1) is 15.7. The molecular weight excluding hydrogens is 291 g/mol. The Hall–Kier alpha value is -2.20. The third-order valence-corrected chi connectivity index (χ3v) is 4.24. The van der Waals surface area contributed by atoms with Gasteiger partial charge in [-0.05, 0) is 49.2 Å². The van der Waals surface area contributed by atoms with E-state index in [1.165, 1.54) is 17.7 Å². The van der Waals surface area contributed by atoms with Crippen LogP contribution in [-0.2, 0) is 11.3 Å². The van der Waals surface area contributed by atoms with Gasteiger partial charge in [-0.1, -0.05) is 30.3 Å². The van der Waals surface area contributed by atoms with Gasteiger partial charge >= 0.3 is 0 Å². The highest BCUT2D eigenvalue weighted by Gasteiger charge is 2.25. The third kappa shape index (κ3) is 4.39. The summed E-state index contributed by atoms with van der Waals surface area (Å²) in [6.45, 7) is 2.66. The molecule has 4 heteroatoms. The molecule has 3 nitrogen and oxygen atoms in total. The first-order valence-corrected chi connectivity index (χ1v) is 8.03. The molecule has 2 aromatic rings. The van der Waals surface area contributed by atoms with Crippen LogP contribution in [0.3, 0.4) is 0 Å². The molecule has 2 aromatic carbocycles. The van der Waals surface area contributed by atoms with E-state index in [1.54, 1.807) is 12.1 Å². The first-order valence-electron chi connectivity index (χ1n) is 8.03. The summed E-state index contributed by atoms with van der Waals surface area (Å²) in [7, 11) is 0. The number of carbonyl (C=O) groups excluding carboxylic acids is 1. The Balaban J connectivity index is 1.57. The SMILES string of the molecule is O=C(Nc1ccc(F)cc1)C1CCCN(Cc2ccccc2)C1. The van der Waals surface area contributed by atoms with Crippen LogP contribution in [0.1, 0.15) is 18.4 Å². The molecule has 1 unspecified atom stereocenters. The Morgan fingerprint density at radius 2 is 1.87 bits per heavy atom. The standard InChI is InChI=1S/C19H21FN2O/c20-17-8-10-18(11-9-17)21-19(23)16-7-4-12-22(14-16)13-15-5-2-1-3-6-15/h1-3,5-6,8-11,16H,4,7,12-14H2,(H,21,23). The van der Waals surface area contributed by atoms with E-state index in [-0.39, 0.29) is 17.6 Å². The Morgan fingerprint density at radius 1 is 1.13 bits per heavy atom. The molecular formula is C19H21FN2O. The van der Waals surface area contributed by atoms with Gasteiger partial charge in [0, 0.05) is 18.8 Å². The summed E-state index contributed by atoms with van der Waals surface area (Å²) in [5.41, 5.74) is 1.92. The predicted molar refractivity (Wildman–Crippen MR) is 89.5 cm³/mol. The molecule has 1 aliphatic heterocycles. The number of hydrogen-bond acceptors (Lipinski definition) is 2. The quantitative estimate of drug-likeness (QED) is 0.934. The average Bonchev–Trinajstić information content (AvgIpc) is 2.58. The molecule has 23 heavy (non-hydrogen) atoms. The number of carbonyl (C=O) groups is 1. The number of nitrogens with zero attached hydrogens (tertiary/aromatic N) is 1. The zero-order chi connectivity index (χ0) is 16.1. The smallest absolute Gasteiger partial charge is 0.228 e. The number of rotatable bonds is 4. The van der Waals surface area contributed by atoms with E-state index in [4.69, 9.17) is 0 Å². The zero-order valence-corrected chi connectivity index (χ0v) is 13.0. The molecule has 0 aliphatic carbocycles. The van der Waals surface area contributed by atoms with Crippen LogP contribution in [0.15, 0.2) is 54.6 Å². The summed E-state index contributed by atoms with van der Waals surface area (Å²) in [4.78, 5) is 14.7. The molecule has 1 N–H and O–H groups in total. The van der Waals surface area contributed by atoms with Gasteiger partial charge in [0.15, 0.2) is 0 Å². The van der Waals surface area contributed by atoms with Crippen molar-refractivity contribution in [1.82, 2.24) is 4.90 Å². The minimum Gasteiger partial charge on any atom is -0.326 e. The maximum Gasteiger partial charge on any atom is 0.228 e. The molecule has 1 amide bonds. The lowest BCUT2D eigenvalue weighted by Gasteiger charge is -2.32. The van der Waals surface area contributed by atoms with Gasteiger partial charge in [0.2, 0.25) is 5.91 Å². The fourth-order valence-corrected chi connectivity index (χ4v) is 3.03. The Bertz CT molecular complexity index is 642. The van der Waals surface area contributed by atoms with Gasteiger partial charge < -0.3 is 5.32 Å². The van der Waals surface area contributed by atoms with Crippen LogP contribution >= 0.6 is 0 Å². The van der Waals surface area contributed by atoms with Gasteiger partial charge in [0.05, 0.1) is 5.92 Å². The minimum atomic E-state index is -0.297. The van der Waals surface area contributed by atoms with Crippen LogP contribution in [-0.4, -0.2) is 23.9 Å². The van der Waals surface area contributed by atoms with Crippen LogP contribution in [0, 0.1) is 11.7 Å². The number of piperidine rings is 1. The maximum absolute atomic E-state index is 12.9. The summed E-state index contributed by atoms with van der Waals surface area (Å²) in [5, 5.41) is 2.89. The van der Waals surface area contributed by atoms with Crippen LogP contribution in [0.2, 0.25) is 0 Å². The lowest BCUT2D eigenvalue weighted by Crippen LogP contribution is -2.40. The summed E-state index contributed by atoms with van der Waals surface area (Å²) in [6.07, 6.45) is 1.92. The van der Waals surface area contributed by atoms with E-state index in [0.717, 1.165) is 32.5 Å². The fourth-order valence-electron chi connectivity index (χ4n) is 3.03. The highest BCUT2D eigenvalue weighted by atomic mass is 19.1. The van der Waals surface area contributed by atoms with Gasteiger partial charge in [-0.2, -0.15) is 0 Å². The van der Waals surface area contributed by atoms with Gasteiger partial charge in [-0.25, -0.2) is 4.39 Å². The van der Waals surface area contributed by atoms with E-state index in [1.807, 2.05) is 18.2 Å². The largest absolute Gasteiger partial charge is 0.326 e. The molecule has 0 saturated carbocycles. The third-order valence-electron chi connectivity index (χ3n) is 4.24. The van der Waals surface area contributed by atoms with Gasteiger partial charge in [-0.15, -0.1) is 0 Å². The summed E-state index contributed by atoms with van der Waals surface area (Å²) in [5.74, 6) is -0.290. The van der Waals surface area contributed by atoms with Crippen molar-refractivity contribution in [2.24, 2.45) is 5.92 Å². The highest BCUT2D eigenvalue weighted by Crippen LogP contribution is 2.20. The number of benzene rings is 2. The summed E-state index contributed by atoms with van der Waals surface area (Å²) in [6, 6.07) is 16.2. The van der Waals surface area contributed by atoms with Gasteiger partial charge in [0.1, 0.15) is 5.82 Å². The van der Waals surface area contributed by atoms with Crippen LogP contribution in [0.4, 0.5) is 10.1 Å². The molecule has 1 aliphatic rings. The number of hydrogen-bond donors (Lipinski definition) is 1. The molecule has 0 spiro atoms. The predicted octanol–water partition coefficient (Wildman–Crippen LogP) is 3.68.